The number of nitrogens with zero attached hydrogens (tertiary/aromatic N) is 1. The van der Waals surface area contributed by atoms with Crippen molar-refractivity contribution >= 4 is 5.91 Å². The van der Waals surface area contributed by atoms with Crippen molar-refractivity contribution in [1.29, 1.82) is 0 Å². The third-order valence-corrected chi connectivity index (χ3v) is 3.28. The van der Waals surface area contributed by atoms with E-state index in [1.54, 1.807) is 13.2 Å². The Balaban J connectivity index is 1.91. The smallest absolute Gasteiger partial charge is 0.271 e. The van der Waals surface area contributed by atoms with Gasteiger partial charge in [-0.1, -0.05) is 0 Å². The summed E-state index contributed by atoms with van der Waals surface area (Å²) in [7, 11) is 1.68. The van der Waals surface area contributed by atoms with Gasteiger partial charge in [0.25, 0.3) is 5.91 Å². The first-order chi connectivity index (χ1) is 8.65. The van der Waals surface area contributed by atoms with Gasteiger partial charge in [-0.05, 0) is 32.4 Å². The Labute approximate surface area is 106 Å². The molecule has 6 nitrogen and oxygen atoms in total. The lowest BCUT2D eigenvalue weighted by Gasteiger charge is -2.28. The van der Waals surface area contributed by atoms with Crippen LogP contribution in [0.5, 0.6) is 0 Å². The molecule has 100 valence electrons. The number of methoxy groups -OCH3 is 1. The maximum atomic E-state index is 11.9. The van der Waals surface area contributed by atoms with E-state index in [0.717, 1.165) is 25.1 Å². The summed E-state index contributed by atoms with van der Waals surface area (Å²) in [5.74, 6) is -0.150. The molecule has 1 amide bonds. The summed E-state index contributed by atoms with van der Waals surface area (Å²) >= 11 is 0. The van der Waals surface area contributed by atoms with Crippen LogP contribution in [0.3, 0.4) is 0 Å². The summed E-state index contributed by atoms with van der Waals surface area (Å²) in [6.45, 7) is 4.01. The number of rotatable bonds is 5. The Morgan fingerprint density at radius 2 is 2.50 bits per heavy atom. The molecule has 2 heterocycles. The lowest BCUT2D eigenvalue weighted by atomic mass is 9.98. The van der Waals surface area contributed by atoms with Gasteiger partial charge in [-0.25, -0.2) is 0 Å². The summed E-state index contributed by atoms with van der Waals surface area (Å²) in [6, 6.07) is 1.74. The van der Waals surface area contributed by atoms with Crippen LogP contribution >= 0.6 is 0 Å². The van der Waals surface area contributed by atoms with Gasteiger partial charge in [-0.3, -0.25) is 9.89 Å². The highest BCUT2D eigenvalue weighted by Gasteiger charge is 2.33. The first-order valence-electron chi connectivity index (χ1n) is 6.19. The molecule has 0 bridgehead atoms. The van der Waals surface area contributed by atoms with Gasteiger partial charge in [0.05, 0.1) is 12.1 Å². The van der Waals surface area contributed by atoms with Crippen LogP contribution in [-0.4, -0.2) is 48.4 Å². The molecular formula is C12H20N4O2. The fraction of sp³-hybridized carbons (Fsp3) is 0.667. The minimum Gasteiger partial charge on any atom is -0.383 e. The first-order valence-corrected chi connectivity index (χ1v) is 6.19. The molecule has 1 aromatic rings. The van der Waals surface area contributed by atoms with Gasteiger partial charge >= 0.3 is 0 Å². The van der Waals surface area contributed by atoms with Gasteiger partial charge in [-0.15, -0.1) is 0 Å². The van der Waals surface area contributed by atoms with Crippen molar-refractivity contribution in [2.75, 3.05) is 26.8 Å². The second-order valence-corrected chi connectivity index (χ2v) is 4.86. The van der Waals surface area contributed by atoms with Crippen molar-refractivity contribution in [2.45, 2.75) is 25.3 Å². The van der Waals surface area contributed by atoms with E-state index in [4.69, 9.17) is 4.74 Å². The number of amides is 1. The maximum Gasteiger partial charge on any atom is 0.271 e. The Morgan fingerprint density at radius 1 is 1.67 bits per heavy atom. The number of nitrogens with one attached hydrogen (secondary N) is 3. The highest BCUT2D eigenvalue weighted by atomic mass is 16.5. The van der Waals surface area contributed by atoms with Crippen LogP contribution in [0.15, 0.2) is 6.07 Å². The minimum absolute atomic E-state index is 0.129. The molecule has 1 fully saturated rings. The standard InChI is InChI=1S/C12H20N4O2/c1-9-6-10(16-15-9)11(17)13-7-12(8-18-2)4-3-5-14-12/h6,14H,3-5,7-8H2,1-2H3,(H,13,17)(H,15,16). The molecule has 1 aromatic heterocycles. The lowest BCUT2D eigenvalue weighted by Crippen LogP contribution is -2.53. The maximum absolute atomic E-state index is 11.9. The molecule has 6 heteroatoms. The van der Waals surface area contributed by atoms with Crippen molar-refractivity contribution < 1.29 is 9.53 Å². The number of aromatic nitrogens is 2. The Morgan fingerprint density at radius 3 is 3.06 bits per heavy atom. The van der Waals surface area contributed by atoms with Gasteiger partial charge in [-0.2, -0.15) is 5.10 Å². The van der Waals surface area contributed by atoms with Crippen molar-refractivity contribution in [2.24, 2.45) is 0 Å². The summed E-state index contributed by atoms with van der Waals surface area (Å²) < 4.78 is 5.24. The molecule has 0 aromatic carbocycles. The van der Waals surface area contributed by atoms with Crippen LogP contribution in [0.4, 0.5) is 0 Å². The second kappa shape index (κ2) is 5.49. The van der Waals surface area contributed by atoms with E-state index >= 15 is 0 Å². The van der Waals surface area contributed by atoms with Crippen molar-refractivity contribution in [3.8, 4) is 0 Å². The van der Waals surface area contributed by atoms with E-state index < -0.39 is 0 Å². The normalized spacial score (nSPS) is 23.2. The molecule has 18 heavy (non-hydrogen) atoms. The number of aryl methyl sites for hydroxylation is 1. The molecule has 0 spiro atoms. The minimum atomic E-state index is -0.150. The Kier molecular flexibility index (Phi) is 3.98. The van der Waals surface area contributed by atoms with E-state index in [9.17, 15) is 4.79 Å². The Hall–Kier alpha value is -1.40. The third-order valence-electron chi connectivity index (χ3n) is 3.28. The fourth-order valence-electron chi connectivity index (χ4n) is 2.34. The lowest BCUT2D eigenvalue weighted by molar-refractivity contribution is 0.0887. The second-order valence-electron chi connectivity index (χ2n) is 4.86. The molecule has 0 saturated carbocycles. The zero-order chi connectivity index (χ0) is 13.0. The topological polar surface area (TPSA) is 79.0 Å². The van der Waals surface area contributed by atoms with Gasteiger partial charge < -0.3 is 15.4 Å². The number of H-pyrrole nitrogens is 1. The number of hydrogen-bond donors (Lipinski definition) is 3. The molecule has 0 aliphatic carbocycles. The predicted molar refractivity (Wildman–Crippen MR) is 67.5 cm³/mol. The van der Waals surface area contributed by atoms with E-state index in [0.29, 0.717) is 18.8 Å². The van der Waals surface area contributed by atoms with Crippen molar-refractivity contribution in [1.82, 2.24) is 20.8 Å². The summed E-state index contributed by atoms with van der Waals surface area (Å²) in [4.78, 5) is 11.9. The summed E-state index contributed by atoms with van der Waals surface area (Å²) in [6.07, 6.45) is 2.13. The quantitative estimate of drug-likeness (QED) is 0.700. The molecule has 2 rings (SSSR count). The monoisotopic (exact) mass is 252 g/mol. The zero-order valence-electron chi connectivity index (χ0n) is 10.9. The number of carbonyl (C=O) groups is 1. The molecule has 1 saturated heterocycles. The number of hydrogen-bond acceptors (Lipinski definition) is 4. The highest BCUT2D eigenvalue weighted by Crippen LogP contribution is 2.18. The van der Waals surface area contributed by atoms with Crippen LogP contribution < -0.4 is 10.6 Å². The van der Waals surface area contributed by atoms with E-state index in [2.05, 4.69) is 20.8 Å². The molecular weight excluding hydrogens is 232 g/mol. The fourth-order valence-corrected chi connectivity index (χ4v) is 2.34. The van der Waals surface area contributed by atoms with E-state index in [1.807, 2.05) is 6.92 Å². The average Bonchev–Trinajstić information content (AvgIpc) is 2.97. The van der Waals surface area contributed by atoms with Gasteiger partial charge in [0.1, 0.15) is 5.69 Å². The highest BCUT2D eigenvalue weighted by molar-refractivity contribution is 5.92. The number of ether oxygens (including phenoxy) is 1. The zero-order valence-corrected chi connectivity index (χ0v) is 10.9. The van der Waals surface area contributed by atoms with Gasteiger partial charge in [0.2, 0.25) is 0 Å². The van der Waals surface area contributed by atoms with Gasteiger partial charge in [0, 0.05) is 19.3 Å². The molecule has 1 atom stereocenters. The first kappa shape index (κ1) is 13.0. The van der Waals surface area contributed by atoms with Crippen LogP contribution in [0.25, 0.3) is 0 Å². The molecule has 1 aliphatic rings. The number of aromatic amines is 1. The van der Waals surface area contributed by atoms with Crippen LogP contribution in [0, 0.1) is 6.92 Å². The number of carbonyl (C=O) groups excluding carboxylic acids is 1. The van der Waals surface area contributed by atoms with Crippen LogP contribution in [0.2, 0.25) is 0 Å². The molecule has 0 radical (unpaired) electrons. The van der Waals surface area contributed by atoms with Gasteiger partial charge in [0.15, 0.2) is 0 Å². The van der Waals surface area contributed by atoms with Crippen LogP contribution in [0.1, 0.15) is 29.0 Å². The molecule has 1 aliphatic heterocycles. The summed E-state index contributed by atoms with van der Waals surface area (Å²) in [5.41, 5.74) is 1.18. The molecule has 3 N–H and O–H groups in total. The van der Waals surface area contributed by atoms with E-state index in [1.165, 1.54) is 0 Å². The van der Waals surface area contributed by atoms with Crippen LogP contribution in [-0.2, 0) is 4.74 Å². The summed E-state index contributed by atoms with van der Waals surface area (Å²) in [5, 5.41) is 13.0. The Bertz CT molecular complexity index is 410. The van der Waals surface area contributed by atoms with Crippen molar-refractivity contribution in [3.63, 3.8) is 0 Å². The van der Waals surface area contributed by atoms with E-state index in [-0.39, 0.29) is 11.4 Å². The largest absolute Gasteiger partial charge is 0.383 e. The predicted octanol–water partition coefficient (Wildman–Crippen LogP) is 0.217. The third kappa shape index (κ3) is 2.88. The average molecular weight is 252 g/mol. The SMILES string of the molecule is COCC1(CNC(=O)c2cc(C)[nH]n2)CCCN1. The van der Waals surface area contributed by atoms with Crippen molar-refractivity contribution in [3.05, 3.63) is 17.5 Å². The molecule has 1 unspecified atom stereocenters.